The topological polar surface area (TPSA) is 66.8 Å². The van der Waals surface area contributed by atoms with Crippen LogP contribution in [0.25, 0.3) is 16.2 Å². The first-order valence-corrected chi connectivity index (χ1v) is 7.88. The number of benzene rings is 1. The number of hydrogen-bond acceptors (Lipinski definition) is 5. The number of carbonyl (C=O) groups is 1. The lowest BCUT2D eigenvalue weighted by Gasteiger charge is -2.24. The van der Waals surface area contributed by atoms with Gasteiger partial charge in [-0.25, -0.2) is 4.79 Å². The SMILES string of the molecule is O=C1OC2CC1(O)C=C(C=Cc1cc3ccccc3s1)C2O. The predicted molar refractivity (Wildman–Crippen MR) is 84.4 cm³/mol. The van der Waals surface area contributed by atoms with Gasteiger partial charge < -0.3 is 14.9 Å². The molecule has 0 radical (unpaired) electrons. The van der Waals surface area contributed by atoms with Crippen LogP contribution < -0.4 is 0 Å². The summed E-state index contributed by atoms with van der Waals surface area (Å²) in [7, 11) is 0. The average Bonchev–Trinajstić information content (AvgIpc) is 3.02. The van der Waals surface area contributed by atoms with Gasteiger partial charge in [0.25, 0.3) is 0 Å². The third-order valence-corrected chi connectivity index (χ3v) is 5.19. The number of thiophene rings is 1. The Balaban J connectivity index is 1.66. The Kier molecular flexibility index (Phi) is 2.97. The van der Waals surface area contributed by atoms with E-state index >= 15 is 0 Å². The Hall–Kier alpha value is -1.95. The maximum absolute atomic E-state index is 11.6. The standard InChI is InChI=1S/C17H14O4S/c18-15-11(8-17(20)9-13(15)21-16(17)19)5-6-12-7-10-3-1-2-4-14(10)22-12/h1-8,13,15,18,20H,9H2. The first-order valence-electron chi connectivity index (χ1n) is 7.06. The molecule has 0 spiro atoms. The number of hydrogen-bond donors (Lipinski definition) is 2. The highest BCUT2D eigenvalue weighted by Crippen LogP contribution is 2.37. The van der Waals surface area contributed by atoms with Crippen LogP contribution in [0.5, 0.6) is 0 Å². The molecule has 112 valence electrons. The highest BCUT2D eigenvalue weighted by molar-refractivity contribution is 7.19. The average molecular weight is 314 g/mol. The van der Waals surface area contributed by atoms with Gasteiger partial charge in [0.15, 0.2) is 5.60 Å². The minimum absolute atomic E-state index is 0.118. The summed E-state index contributed by atoms with van der Waals surface area (Å²) in [5.74, 6) is -0.679. The van der Waals surface area contributed by atoms with Gasteiger partial charge in [-0.3, -0.25) is 0 Å². The Labute approximate surface area is 131 Å². The van der Waals surface area contributed by atoms with E-state index in [1.807, 2.05) is 24.3 Å². The minimum Gasteiger partial charge on any atom is -0.457 e. The van der Waals surface area contributed by atoms with E-state index in [1.54, 1.807) is 17.4 Å². The van der Waals surface area contributed by atoms with Gasteiger partial charge in [0.1, 0.15) is 12.2 Å². The zero-order valence-electron chi connectivity index (χ0n) is 11.6. The van der Waals surface area contributed by atoms with Crippen molar-refractivity contribution in [1.29, 1.82) is 0 Å². The van der Waals surface area contributed by atoms with Crippen molar-refractivity contribution in [2.24, 2.45) is 0 Å². The third-order valence-electron chi connectivity index (χ3n) is 4.11. The van der Waals surface area contributed by atoms with Crippen LogP contribution in [0.1, 0.15) is 11.3 Å². The third kappa shape index (κ3) is 2.09. The molecule has 22 heavy (non-hydrogen) atoms. The summed E-state index contributed by atoms with van der Waals surface area (Å²) in [5.41, 5.74) is -1.08. The van der Waals surface area contributed by atoms with Crippen molar-refractivity contribution in [3.63, 3.8) is 0 Å². The normalized spacial score (nSPS) is 30.8. The number of ether oxygens (including phenoxy) is 1. The van der Waals surface area contributed by atoms with Crippen molar-refractivity contribution in [3.05, 3.63) is 52.9 Å². The number of carbonyl (C=O) groups excluding carboxylic acids is 1. The molecule has 3 atom stereocenters. The molecule has 3 unspecified atom stereocenters. The second-order valence-corrected chi connectivity index (χ2v) is 6.80. The van der Waals surface area contributed by atoms with Gasteiger partial charge in [-0.1, -0.05) is 24.3 Å². The van der Waals surface area contributed by atoms with Crippen molar-refractivity contribution in [2.45, 2.75) is 24.2 Å². The van der Waals surface area contributed by atoms with Gasteiger partial charge in [0, 0.05) is 16.0 Å². The number of fused-ring (bicyclic) bond motifs is 3. The molecule has 2 heterocycles. The first kappa shape index (κ1) is 13.7. The van der Waals surface area contributed by atoms with Crippen molar-refractivity contribution < 1.29 is 19.7 Å². The molecule has 1 aromatic heterocycles. The zero-order chi connectivity index (χ0) is 15.3. The molecule has 1 fully saturated rings. The van der Waals surface area contributed by atoms with Crippen LogP contribution in [0.2, 0.25) is 0 Å². The molecule has 2 N–H and O–H groups in total. The number of esters is 1. The van der Waals surface area contributed by atoms with E-state index in [0.29, 0.717) is 5.57 Å². The summed E-state index contributed by atoms with van der Waals surface area (Å²) in [6.07, 6.45) is 3.61. The molecule has 1 aliphatic carbocycles. The molecule has 1 aliphatic heterocycles. The number of rotatable bonds is 2. The molecular weight excluding hydrogens is 300 g/mol. The Morgan fingerprint density at radius 2 is 2.14 bits per heavy atom. The van der Waals surface area contributed by atoms with Crippen LogP contribution in [0, 0.1) is 0 Å². The quantitative estimate of drug-likeness (QED) is 0.835. The fourth-order valence-electron chi connectivity index (χ4n) is 2.95. The molecule has 1 saturated heterocycles. The molecule has 4 nitrogen and oxygen atoms in total. The first-order chi connectivity index (χ1) is 10.5. The lowest BCUT2D eigenvalue weighted by Crippen LogP contribution is -2.37. The van der Waals surface area contributed by atoms with E-state index in [2.05, 4.69) is 12.1 Å². The highest BCUT2D eigenvalue weighted by atomic mass is 32.1. The van der Waals surface area contributed by atoms with Gasteiger partial charge in [0.05, 0.1) is 0 Å². The van der Waals surface area contributed by atoms with E-state index < -0.39 is 23.8 Å². The summed E-state index contributed by atoms with van der Waals surface area (Å²) in [4.78, 5) is 12.7. The fourth-order valence-corrected chi connectivity index (χ4v) is 3.92. The van der Waals surface area contributed by atoms with Crippen molar-refractivity contribution in [2.75, 3.05) is 0 Å². The Morgan fingerprint density at radius 1 is 1.32 bits per heavy atom. The van der Waals surface area contributed by atoms with Crippen molar-refractivity contribution in [1.82, 2.24) is 0 Å². The molecule has 5 heteroatoms. The molecule has 0 saturated carbocycles. The van der Waals surface area contributed by atoms with E-state index in [0.717, 1.165) is 4.88 Å². The van der Waals surface area contributed by atoms with Crippen LogP contribution in [0.3, 0.4) is 0 Å². The molecule has 2 aromatic rings. The van der Waals surface area contributed by atoms with Crippen LogP contribution >= 0.6 is 11.3 Å². The molecule has 0 amide bonds. The predicted octanol–water partition coefficient (Wildman–Crippen LogP) is 2.26. The molecule has 4 rings (SSSR count). The van der Waals surface area contributed by atoms with E-state index in [-0.39, 0.29) is 6.42 Å². The lowest BCUT2D eigenvalue weighted by molar-refractivity contribution is -0.152. The second-order valence-electron chi connectivity index (χ2n) is 5.68. The summed E-state index contributed by atoms with van der Waals surface area (Å²) >= 11 is 1.65. The number of aliphatic hydroxyl groups is 2. The van der Waals surface area contributed by atoms with Crippen LogP contribution in [0.4, 0.5) is 0 Å². The van der Waals surface area contributed by atoms with Gasteiger partial charge in [0.2, 0.25) is 0 Å². The summed E-state index contributed by atoms with van der Waals surface area (Å²) in [6.45, 7) is 0. The maximum atomic E-state index is 11.6. The molecule has 2 aliphatic rings. The minimum atomic E-state index is -1.59. The van der Waals surface area contributed by atoms with Crippen molar-refractivity contribution >= 4 is 33.5 Å². The molecule has 2 bridgehead atoms. The zero-order valence-corrected chi connectivity index (χ0v) is 12.4. The monoisotopic (exact) mass is 314 g/mol. The summed E-state index contributed by atoms with van der Waals surface area (Å²) in [6, 6.07) is 10.2. The number of aliphatic hydroxyl groups excluding tert-OH is 1. The lowest BCUT2D eigenvalue weighted by atomic mass is 9.85. The highest BCUT2D eigenvalue weighted by Gasteiger charge is 2.52. The van der Waals surface area contributed by atoms with Gasteiger partial charge in [-0.2, -0.15) is 0 Å². The Bertz CT molecular complexity index is 786. The Morgan fingerprint density at radius 3 is 2.95 bits per heavy atom. The summed E-state index contributed by atoms with van der Waals surface area (Å²) in [5, 5.41) is 21.6. The van der Waals surface area contributed by atoms with E-state index in [9.17, 15) is 15.0 Å². The van der Waals surface area contributed by atoms with E-state index in [1.165, 1.54) is 16.2 Å². The van der Waals surface area contributed by atoms with Gasteiger partial charge in [-0.05, 0) is 35.2 Å². The van der Waals surface area contributed by atoms with Crippen LogP contribution in [-0.4, -0.2) is 34.0 Å². The van der Waals surface area contributed by atoms with Gasteiger partial charge >= 0.3 is 5.97 Å². The fraction of sp³-hybridized carbons (Fsp3) is 0.235. The summed E-state index contributed by atoms with van der Waals surface area (Å²) < 4.78 is 6.20. The second kappa shape index (κ2) is 4.78. The van der Waals surface area contributed by atoms with Gasteiger partial charge in [-0.15, -0.1) is 11.3 Å². The van der Waals surface area contributed by atoms with E-state index in [4.69, 9.17) is 4.74 Å². The molecule has 1 aromatic carbocycles. The smallest absolute Gasteiger partial charge is 0.342 e. The molecular formula is C17H14O4S. The van der Waals surface area contributed by atoms with Crippen molar-refractivity contribution in [3.8, 4) is 0 Å². The maximum Gasteiger partial charge on any atom is 0.342 e. The largest absolute Gasteiger partial charge is 0.457 e. The van der Waals surface area contributed by atoms with Crippen LogP contribution in [0.15, 0.2) is 48.1 Å². The van der Waals surface area contributed by atoms with Crippen LogP contribution in [-0.2, 0) is 9.53 Å².